The molecule has 1 aromatic carbocycles. The van der Waals surface area contributed by atoms with Crippen molar-refractivity contribution < 1.29 is 9.90 Å². The molecule has 1 unspecified atom stereocenters. The van der Waals surface area contributed by atoms with E-state index in [-0.39, 0.29) is 12.1 Å². The zero-order chi connectivity index (χ0) is 16.2. The SMILES string of the molecule is CCCCCCC(O)CCCNC(=O)Nc1cccc(Cl)c1. The first kappa shape index (κ1) is 18.8. The van der Waals surface area contributed by atoms with Crippen LogP contribution in [-0.2, 0) is 0 Å². The molecule has 5 heteroatoms. The zero-order valence-electron chi connectivity index (χ0n) is 13.3. The van der Waals surface area contributed by atoms with E-state index in [1.807, 2.05) is 0 Å². The number of nitrogens with one attached hydrogen (secondary N) is 2. The topological polar surface area (TPSA) is 61.4 Å². The van der Waals surface area contributed by atoms with Crippen molar-refractivity contribution in [1.29, 1.82) is 0 Å². The summed E-state index contributed by atoms with van der Waals surface area (Å²) in [6, 6.07) is 6.77. The molecule has 0 aromatic heterocycles. The summed E-state index contributed by atoms with van der Waals surface area (Å²) < 4.78 is 0. The van der Waals surface area contributed by atoms with E-state index in [1.54, 1.807) is 24.3 Å². The number of hydrogen-bond acceptors (Lipinski definition) is 2. The summed E-state index contributed by atoms with van der Waals surface area (Å²) in [5.41, 5.74) is 0.668. The van der Waals surface area contributed by atoms with Crippen LogP contribution >= 0.6 is 11.6 Å². The lowest BCUT2D eigenvalue weighted by Gasteiger charge is -2.11. The quantitative estimate of drug-likeness (QED) is 0.551. The van der Waals surface area contributed by atoms with Crippen molar-refractivity contribution >= 4 is 23.3 Å². The molecule has 124 valence electrons. The molecule has 4 nitrogen and oxygen atoms in total. The number of aliphatic hydroxyl groups is 1. The van der Waals surface area contributed by atoms with Gasteiger partial charge in [-0.1, -0.05) is 50.3 Å². The molecule has 2 amide bonds. The molecule has 1 rings (SSSR count). The standard InChI is InChI=1S/C17H27ClN2O2/c1-2-3-4-5-10-16(21)11-7-12-19-17(22)20-15-9-6-8-14(18)13-15/h6,8-9,13,16,21H,2-5,7,10-12H2,1H3,(H2,19,20,22). The fourth-order valence-corrected chi connectivity index (χ4v) is 2.42. The Morgan fingerprint density at radius 2 is 2.00 bits per heavy atom. The molecule has 0 saturated carbocycles. The van der Waals surface area contributed by atoms with Crippen molar-refractivity contribution in [2.24, 2.45) is 0 Å². The first-order chi connectivity index (χ1) is 10.6. The van der Waals surface area contributed by atoms with Gasteiger partial charge in [0.05, 0.1) is 6.10 Å². The van der Waals surface area contributed by atoms with E-state index in [0.717, 1.165) is 25.7 Å². The van der Waals surface area contributed by atoms with Gasteiger partial charge in [-0.05, 0) is 37.5 Å². The van der Waals surface area contributed by atoms with Crippen LogP contribution in [0.15, 0.2) is 24.3 Å². The number of aliphatic hydroxyl groups excluding tert-OH is 1. The second-order valence-electron chi connectivity index (χ2n) is 5.54. The molecule has 1 aromatic rings. The zero-order valence-corrected chi connectivity index (χ0v) is 14.0. The fourth-order valence-electron chi connectivity index (χ4n) is 2.23. The Morgan fingerprint density at radius 3 is 2.73 bits per heavy atom. The maximum Gasteiger partial charge on any atom is 0.319 e. The number of unbranched alkanes of at least 4 members (excludes halogenated alkanes) is 3. The van der Waals surface area contributed by atoms with Crippen LogP contribution in [-0.4, -0.2) is 23.8 Å². The van der Waals surface area contributed by atoms with Crippen LogP contribution in [0, 0.1) is 0 Å². The molecular formula is C17H27ClN2O2. The van der Waals surface area contributed by atoms with Gasteiger partial charge in [0.15, 0.2) is 0 Å². The average Bonchev–Trinajstić information content (AvgIpc) is 2.48. The number of benzene rings is 1. The Morgan fingerprint density at radius 1 is 1.23 bits per heavy atom. The van der Waals surface area contributed by atoms with Gasteiger partial charge in [-0.15, -0.1) is 0 Å². The predicted octanol–water partition coefficient (Wildman–Crippen LogP) is 4.57. The van der Waals surface area contributed by atoms with Crippen LogP contribution < -0.4 is 10.6 Å². The van der Waals surface area contributed by atoms with Crippen LogP contribution in [0.3, 0.4) is 0 Å². The lowest BCUT2D eigenvalue weighted by molar-refractivity contribution is 0.148. The number of anilines is 1. The summed E-state index contributed by atoms with van der Waals surface area (Å²) in [6.07, 6.45) is 6.82. The number of urea groups is 1. The first-order valence-corrected chi connectivity index (χ1v) is 8.48. The molecule has 3 N–H and O–H groups in total. The van der Waals surface area contributed by atoms with Crippen LogP contribution in [0.4, 0.5) is 10.5 Å². The van der Waals surface area contributed by atoms with E-state index < -0.39 is 0 Å². The van der Waals surface area contributed by atoms with Gasteiger partial charge < -0.3 is 15.7 Å². The van der Waals surface area contributed by atoms with Crippen molar-refractivity contribution in [3.8, 4) is 0 Å². The third kappa shape index (κ3) is 8.90. The van der Waals surface area contributed by atoms with Crippen LogP contribution in [0.25, 0.3) is 0 Å². The Kier molecular flexibility index (Phi) is 9.67. The molecule has 0 radical (unpaired) electrons. The number of hydrogen-bond donors (Lipinski definition) is 3. The fraction of sp³-hybridized carbons (Fsp3) is 0.588. The Balaban J connectivity index is 2.07. The number of rotatable bonds is 10. The Labute approximate surface area is 138 Å². The molecule has 0 aliphatic carbocycles. The molecule has 0 bridgehead atoms. The number of halogens is 1. The number of carbonyl (C=O) groups is 1. The highest BCUT2D eigenvalue weighted by Crippen LogP contribution is 2.14. The van der Waals surface area contributed by atoms with Gasteiger partial charge in [-0.3, -0.25) is 0 Å². The molecular weight excluding hydrogens is 300 g/mol. The maximum atomic E-state index is 11.7. The summed E-state index contributed by atoms with van der Waals surface area (Å²) in [4.78, 5) is 11.7. The van der Waals surface area contributed by atoms with Crippen molar-refractivity contribution in [3.05, 3.63) is 29.3 Å². The largest absolute Gasteiger partial charge is 0.393 e. The molecule has 0 fully saturated rings. The molecule has 0 aliphatic heterocycles. The molecule has 22 heavy (non-hydrogen) atoms. The number of amides is 2. The lowest BCUT2D eigenvalue weighted by Crippen LogP contribution is -2.30. The molecule has 0 heterocycles. The van der Waals surface area contributed by atoms with Gasteiger partial charge >= 0.3 is 6.03 Å². The summed E-state index contributed by atoms with van der Waals surface area (Å²) >= 11 is 5.85. The molecule has 0 spiro atoms. The minimum Gasteiger partial charge on any atom is -0.393 e. The monoisotopic (exact) mass is 326 g/mol. The van der Waals surface area contributed by atoms with E-state index in [2.05, 4.69) is 17.6 Å². The smallest absolute Gasteiger partial charge is 0.319 e. The van der Waals surface area contributed by atoms with Crippen molar-refractivity contribution in [1.82, 2.24) is 5.32 Å². The van der Waals surface area contributed by atoms with Crippen molar-refractivity contribution in [2.45, 2.75) is 58.0 Å². The summed E-state index contributed by atoms with van der Waals surface area (Å²) in [5, 5.41) is 15.9. The third-order valence-corrected chi connectivity index (χ3v) is 3.71. The molecule has 1 atom stereocenters. The summed E-state index contributed by atoms with van der Waals surface area (Å²) in [5.74, 6) is 0. The minimum atomic E-state index is -0.255. The van der Waals surface area contributed by atoms with E-state index in [1.165, 1.54) is 19.3 Å². The van der Waals surface area contributed by atoms with Gasteiger partial charge in [-0.2, -0.15) is 0 Å². The van der Waals surface area contributed by atoms with Crippen LogP contribution in [0.5, 0.6) is 0 Å². The van der Waals surface area contributed by atoms with Gasteiger partial charge in [0, 0.05) is 17.3 Å². The Bertz CT molecular complexity index is 440. The third-order valence-electron chi connectivity index (χ3n) is 3.47. The van der Waals surface area contributed by atoms with Gasteiger partial charge in [0.1, 0.15) is 0 Å². The first-order valence-electron chi connectivity index (χ1n) is 8.10. The lowest BCUT2D eigenvalue weighted by atomic mass is 10.1. The highest BCUT2D eigenvalue weighted by molar-refractivity contribution is 6.30. The van der Waals surface area contributed by atoms with E-state index in [9.17, 15) is 9.90 Å². The second kappa shape index (κ2) is 11.3. The van der Waals surface area contributed by atoms with E-state index >= 15 is 0 Å². The van der Waals surface area contributed by atoms with E-state index in [4.69, 9.17) is 11.6 Å². The van der Waals surface area contributed by atoms with E-state index in [0.29, 0.717) is 17.3 Å². The highest BCUT2D eigenvalue weighted by Gasteiger charge is 2.05. The van der Waals surface area contributed by atoms with Gasteiger partial charge in [0.2, 0.25) is 0 Å². The van der Waals surface area contributed by atoms with Crippen LogP contribution in [0.2, 0.25) is 5.02 Å². The maximum absolute atomic E-state index is 11.7. The Hall–Kier alpha value is -1.26. The van der Waals surface area contributed by atoms with Crippen LogP contribution in [0.1, 0.15) is 51.9 Å². The predicted molar refractivity (Wildman–Crippen MR) is 92.5 cm³/mol. The summed E-state index contributed by atoms with van der Waals surface area (Å²) in [6.45, 7) is 2.73. The number of carbonyl (C=O) groups excluding carboxylic acids is 1. The average molecular weight is 327 g/mol. The van der Waals surface area contributed by atoms with Crippen molar-refractivity contribution in [2.75, 3.05) is 11.9 Å². The highest BCUT2D eigenvalue weighted by atomic mass is 35.5. The second-order valence-corrected chi connectivity index (χ2v) is 5.97. The van der Waals surface area contributed by atoms with Gasteiger partial charge in [0.25, 0.3) is 0 Å². The normalized spacial score (nSPS) is 12.0. The molecule has 0 saturated heterocycles. The summed E-state index contributed by atoms with van der Waals surface area (Å²) in [7, 11) is 0. The minimum absolute atomic E-state index is 0.250. The van der Waals surface area contributed by atoms with Gasteiger partial charge in [-0.25, -0.2) is 4.79 Å². The van der Waals surface area contributed by atoms with Crippen molar-refractivity contribution in [3.63, 3.8) is 0 Å². The molecule has 0 aliphatic rings.